The van der Waals surface area contributed by atoms with Gasteiger partial charge in [0.15, 0.2) is 0 Å². The van der Waals surface area contributed by atoms with Gasteiger partial charge >= 0.3 is 0 Å². The number of nitrogens with zero attached hydrogens (tertiary/aromatic N) is 3. The first-order valence-corrected chi connectivity index (χ1v) is 11.7. The van der Waals surface area contributed by atoms with Crippen LogP contribution < -0.4 is 14.5 Å². The van der Waals surface area contributed by atoms with Crippen molar-refractivity contribution >= 4 is 27.4 Å². The third kappa shape index (κ3) is 5.47. The van der Waals surface area contributed by atoms with Crippen molar-refractivity contribution in [1.82, 2.24) is 10.3 Å². The molecule has 29 heavy (non-hydrogen) atoms. The van der Waals surface area contributed by atoms with Crippen LogP contribution in [0.5, 0.6) is 0 Å². The molecule has 0 radical (unpaired) electrons. The van der Waals surface area contributed by atoms with Crippen LogP contribution in [0.25, 0.3) is 0 Å². The van der Waals surface area contributed by atoms with Gasteiger partial charge in [0.1, 0.15) is 5.82 Å². The zero-order chi connectivity index (χ0) is 20.9. The number of nitrogens with one attached hydrogen (secondary N) is 1. The average molecular weight is 417 g/mol. The first kappa shape index (κ1) is 21.1. The Morgan fingerprint density at radius 2 is 1.79 bits per heavy atom. The zero-order valence-electron chi connectivity index (χ0n) is 17.0. The number of anilines is 2. The number of carbonyl (C=O) groups excluding carboxylic acids is 1. The van der Waals surface area contributed by atoms with Crippen molar-refractivity contribution in [2.45, 2.75) is 32.2 Å². The van der Waals surface area contributed by atoms with E-state index in [2.05, 4.69) is 15.2 Å². The van der Waals surface area contributed by atoms with E-state index in [9.17, 15) is 13.2 Å². The summed E-state index contributed by atoms with van der Waals surface area (Å²) in [5, 5.41) is 2.86. The SMILES string of the molecule is CN(c1ccccc1C(=O)NCc1ccc(N2CCCCCC2)nc1)S(C)(=O)=O. The first-order chi connectivity index (χ1) is 13.9. The lowest BCUT2D eigenvalue weighted by Gasteiger charge is -2.21. The molecule has 0 unspecified atom stereocenters. The molecule has 7 nitrogen and oxygen atoms in total. The molecule has 1 aromatic carbocycles. The van der Waals surface area contributed by atoms with Gasteiger partial charge in [-0.25, -0.2) is 13.4 Å². The molecule has 8 heteroatoms. The summed E-state index contributed by atoms with van der Waals surface area (Å²) in [6.07, 6.45) is 7.84. The maximum Gasteiger partial charge on any atom is 0.253 e. The predicted octanol–water partition coefficient (Wildman–Crippen LogP) is 2.79. The van der Waals surface area contributed by atoms with E-state index < -0.39 is 10.0 Å². The minimum Gasteiger partial charge on any atom is -0.357 e. The second kappa shape index (κ2) is 9.26. The number of hydrogen-bond donors (Lipinski definition) is 1. The fourth-order valence-corrected chi connectivity index (χ4v) is 3.92. The monoisotopic (exact) mass is 416 g/mol. The quantitative estimate of drug-likeness (QED) is 0.783. The summed E-state index contributed by atoms with van der Waals surface area (Å²) in [6.45, 7) is 2.39. The lowest BCUT2D eigenvalue weighted by molar-refractivity contribution is 0.0951. The van der Waals surface area contributed by atoms with Gasteiger partial charge in [-0.1, -0.05) is 31.0 Å². The Morgan fingerprint density at radius 3 is 2.41 bits per heavy atom. The molecule has 1 N–H and O–H groups in total. The van der Waals surface area contributed by atoms with Crippen molar-refractivity contribution in [2.75, 3.05) is 35.6 Å². The van der Waals surface area contributed by atoms with E-state index in [4.69, 9.17) is 0 Å². The molecule has 0 bridgehead atoms. The summed E-state index contributed by atoms with van der Waals surface area (Å²) in [5.41, 5.74) is 1.56. The molecular weight excluding hydrogens is 388 g/mol. The summed E-state index contributed by atoms with van der Waals surface area (Å²) < 4.78 is 24.8. The minimum absolute atomic E-state index is 0.314. The van der Waals surface area contributed by atoms with Gasteiger partial charge < -0.3 is 10.2 Å². The third-order valence-corrected chi connectivity index (χ3v) is 6.37. The molecule has 2 aromatic rings. The molecule has 1 fully saturated rings. The molecule has 1 aliphatic heterocycles. The number of rotatable bonds is 6. The molecule has 1 aromatic heterocycles. The lowest BCUT2D eigenvalue weighted by Crippen LogP contribution is -2.30. The Balaban J connectivity index is 1.65. The average Bonchev–Trinajstić information content (AvgIpc) is 3.01. The van der Waals surface area contributed by atoms with Gasteiger partial charge in [0.25, 0.3) is 5.91 Å². The normalized spacial score (nSPS) is 14.9. The van der Waals surface area contributed by atoms with Gasteiger partial charge in [-0.15, -0.1) is 0 Å². The summed E-state index contributed by atoms with van der Waals surface area (Å²) in [4.78, 5) is 19.5. The third-order valence-electron chi connectivity index (χ3n) is 5.18. The Labute approximate surface area is 172 Å². The molecule has 0 atom stereocenters. The number of hydrogen-bond acceptors (Lipinski definition) is 5. The second-order valence-electron chi connectivity index (χ2n) is 7.36. The molecule has 2 heterocycles. The van der Waals surface area contributed by atoms with Crippen LogP contribution in [0.15, 0.2) is 42.6 Å². The van der Waals surface area contributed by atoms with Gasteiger partial charge in [-0.05, 0) is 36.6 Å². The standard InChI is InChI=1S/C21H28N4O3S/c1-24(29(2,27)28)19-10-6-5-9-18(19)21(26)23-16-17-11-12-20(22-15-17)25-13-7-3-4-8-14-25/h5-6,9-12,15H,3-4,7-8,13-14,16H2,1-2H3,(H,23,26). The molecule has 0 spiro atoms. The van der Waals surface area contributed by atoms with Crippen LogP contribution in [0.3, 0.4) is 0 Å². The maximum absolute atomic E-state index is 12.7. The maximum atomic E-state index is 12.7. The molecule has 0 aliphatic carbocycles. The van der Waals surface area contributed by atoms with E-state index in [1.54, 1.807) is 30.5 Å². The van der Waals surface area contributed by atoms with Crippen molar-refractivity contribution in [2.24, 2.45) is 0 Å². The summed E-state index contributed by atoms with van der Waals surface area (Å²) in [5.74, 6) is 0.648. The number of carbonyl (C=O) groups is 1. The number of pyridine rings is 1. The smallest absolute Gasteiger partial charge is 0.253 e. The number of amides is 1. The fourth-order valence-electron chi connectivity index (χ4n) is 3.40. The van der Waals surface area contributed by atoms with Gasteiger partial charge in [0, 0.05) is 32.9 Å². The van der Waals surface area contributed by atoms with E-state index in [0.717, 1.165) is 35.0 Å². The first-order valence-electron chi connectivity index (χ1n) is 9.87. The van der Waals surface area contributed by atoms with E-state index in [-0.39, 0.29) is 5.91 Å². The van der Waals surface area contributed by atoms with Crippen LogP contribution in [-0.4, -0.2) is 45.7 Å². The van der Waals surface area contributed by atoms with Crippen molar-refractivity contribution in [3.63, 3.8) is 0 Å². The Hall–Kier alpha value is -2.61. The zero-order valence-corrected chi connectivity index (χ0v) is 17.8. The van der Waals surface area contributed by atoms with Crippen molar-refractivity contribution in [3.05, 3.63) is 53.7 Å². The van der Waals surface area contributed by atoms with Crippen LogP contribution >= 0.6 is 0 Å². The van der Waals surface area contributed by atoms with Gasteiger partial charge in [-0.2, -0.15) is 0 Å². The van der Waals surface area contributed by atoms with Crippen LogP contribution in [0.1, 0.15) is 41.6 Å². The Morgan fingerprint density at radius 1 is 1.10 bits per heavy atom. The van der Waals surface area contributed by atoms with Crippen LogP contribution in [0.2, 0.25) is 0 Å². The van der Waals surface area contributed by atoms with Gasteiger partial charge in [-0.3, -0.25) is 9.10 Å². The Kier molecular flexibility index (Phi) is 6.74. The summed E-state index contributed by atoms with van der Waals surface area (Å²) in [7, 11) is -2.02. The molecule has 1 aliphatic rings. The predicted molar refractivity (Wildman–Crippen MR) is 116 cm³/mol. The van der Waals surface area contributed by atoms with Crippen molar-refractivity contribution in [3.8, 4) is 0 Å². The topological polar surface area (TPSA) is 82.6 Å². The molecule has 156 valence electrons. The highest BCUT2D eigenvalue weighted by molar-refractivity contribution is 7.92. The highest BCUT2D eigenvalue weighted by atomic mass is 32.2. The van der Waals surface area contributed by atoms with Crippen LogP contribution in [0.4, 0.5) is 11.5 Å². The molecule has 1 saturated heterocycles. The van der Waals surface area contributed by atoms with Crippen LogP contribution in [-0.2, 0) is 16.6 Å². The Bertz CT molecular complexity index is 937. The van der Waals surface area contributed by atoms with E-state index >= 15 is 0 Å². The van der Waals surface area contributed by atoms with E-state index in [1.807, 2.05) is 12.1 Å². The molecule has 3 rings (SSSR count). The largest absolute Gasteiger partial charge is 0.357 e. The second-order valence-corrected chi connectivity index (χ2v) is 9.37. The summed E-state index contributed by atoms with van der Waals surface area (Å²) in [6, 6.07) is 10.6. The molecule has 0 saturated carbocycles. The van der Waals surface area contributed by atoms with Crippen LogP contribution in [0, 0.1) is 0 Å². The van der Waals surface area contributed by atoms with E-state index in [1.165, 1.54) is 32.7 Å². The number of sulfonamides is 1. The number of para-hydroxylation sites is 1. The van der Waals surface area contributed by atoms with Gasteiger partial charge in [0.2, 0.25) is 10.0 Å². The number of benzene rings is 1. The highest BCUT2D eigenvalue weighted by Crippen LogP contribution is 2.21. The lowest BCUT2D eigenvalue weighted by atomic mass is 10.1. The molecule has 1 amide bonds. The fraction of sp³-hybridized carbons (Fsp3) is 0.429. The van der Waals surface area contributed by atoms with E-state index in [0.29, 0.717) is 17.8 Å². The minimum atomic E-state index is -3.46. The highest BCUT2D eigenvalue weighted by Gasteiger charge is 2.19. The van der Waals surface area contributed by atoms with Gasteiger partial charge in [0.05, 0.1) is 17.5 Å². The number of aromatic nitrogens is 1. The van der Waals surface area contributed by atoms with Crippen molar-refractivity contribution < 1.29 is 13.2 Å². The molecular formula is C21H28N4O3S. The van der Waals surface area contributed by atoms with Crippen molar-refractivity contribution in [1.29, 1.82) is 0 Å². The summed E-state index contributed by atoms with van der Waals surface area (Å²) >= 11 is 0.